The zero-order chi connectivity index (χ0) is 16.2. The molecule has 1 unspecified atom stereocenters. The standard InChI is InChI=1S/C18H30N4O/c1-14(2)18-20-19-13-22(18)16-10-11-21(12-16)17(23)9-8-15-6-4-3-5-7-15/h13-16H,3-12H2,1-2H3. The molecule has 2 aliphatic rings. The summed E-state index contributed by atoms with van der Waals surface area (Å²) >= 11 is 0. The van der Waals surface area contributed by atoms with Gasteiger partial charge in [0.25, 0.3) is 0 Å². The fourth-order valence-electron chi connectivity index (χ4n) is 4.10. The van der Waals surface area contributed by atoms with Crippen molar-refractivity contribution in [2.45, 2.75) is 77.2 Å². The van der Waals surface area contributed by atoms with Crippen molar-refractivity contribution in [1.82, 2.24) is 19.7 Å². The number of nitrogens with zero attached hydrogens (tertiary/aromatic N) is 4. The Hall–Kier alpha value is -1.39. The number of hydrogen-bond donors (Lipinski definition) is 0. The maximum Gasteiger partial charge on any atom is 0.222 e. The Bertz CT molecular complexity index is 519. The van der Waals surface area contributed by atoms with Gasteiger partial charge in [-0.1, -0.05) is 46.0 Å². The molecular weight excluding hydrogens is 288 g/mol. The van der Waals surface area contributed by atoms with E-state index in [-0.39, 0.29) is 0 Å². The predicted octanol–water partition coefficient (Wildman–Crippen LogP) is 3.54. The summed E-state index contributed by atoms with van der Waals surface area (Å²) in [4.78, 5) is 14.6. The first-order chi connectivity index (χ1) is 11.1. The lowest BCUT2D eigenvalue weighted by Gasteiger charge is -2.23. The smallest absolute Gasteiger partial charge is 0.222 e. The van der Waals surface area contributed by atoms with E-state index in [1.807, 2.05) is 6.33 Å². The van der Waals surface area contributed by atoms with Gasteiger partial charge in [0.2, 0.25) is 5.91 Å². The van der Waals surface area contributed by atoms with Crippen molar-refractivity contribution in [2.24, 2.45) is 5.92 Å². The van der Waals surface area contributed by atoms with Gasteiger partial charge in [-0.2, -0.15) is 0 Å². The van der Waals surface area contributed by atoms with Crippen molar-refractivity contribution in [3.8, 4) is 0 Å². The van der Waals surface area contributed by atoms with Crippen LogP contribution in [-0.4, -0.2) is 38.7 Å². The Balaban J connectivity index is 1.50. The number of aromatic nitrogens is 3. The molecule has 1 aliphatic carbocycles. The van der Waals surface area contributed by atoms with Gasteiger partial charge in [0.05, 0.1) is 6.04 Å². The SMILES string of the molecule is CC(C)c1nncn1C1CCN(C(=O)CCC2CCCCC2)C1. The van der Waals surface area contributed by atoms with Crippen molar-refractivity contribution in [3.05, 3.63) is 12.2 Å². The topological polar surface area (TPSA) is 51.0 Å². The first-order valence-electron chi connectivity index (χ1n) is 9.32. The maximum absolute atomic E-state index is 12.5. The van der Waals surface area contributed by atoms with E-state index in [2.05, 4.69) is 33.5 Å². The molecule has 1 aromatic rings. The van der Waals surface area contributed by atoms with Crippen LogP contribution in [0.25, 0.3) is 0 Å². The van der Waals surface area contributed by atoms with Crippen molar-refractivity contribution in [3.63, 3.8) is 0 Å². The largest absolute Gasteiger partial charge is 0.341 e. The van der Waals surface area contributed by atoms with E-state index in [0.29, 0.717) is 17.9 Å². The Labute approximate surface area is 139 Å². The van der Waals surface area contributed by atoms with Crippen LogP contribution in [0.1, 0.15) is 83.0 Å². The van der Waals surface area contributed by atoms with Gasteiger partial charge < -0.3 is 9.47 Å². The molecule has 1 atom stereocenters. The molecule has 0 spiro atoms. The number of amides is 1. The highest BCUT2D eigenvalue weighted by atomic mass is 16.2. The molecule has 2 fully saturated rings. The van der Waals surface area contributed by atoms with Crippen LogP contribution < -0.4 is 0 Å². The Morgan fingerprint density at radius 1 is 1.26 bits per heavy atom. The average molecular weight is 318 g/mol. The van der Waals surface area contributed by atoms with E-state index in [4.69, 9.17) is 0 Å². The molecule has 5 heteroatoms. The van der Waals surface area contributed by atoms with Gasteiger partial charge in [-0.25, -0.2) is 0 Å². The second-order valence-electron chi connectivity index (χ2n) is 7.58. The van der Waals surface area contributed by atoms with Gasteiger partial charge >= 0.3 is 0 Å². The van der Waals surface area contributed by atoms with Gasteiger partial charge in [0.1, 0.15) is 12.2 Å². The summed E-state index contributed by atoms with van der Waals surface area (Å²) in [7, 11) is 0. The molecule has 1 saturated carbocycles. The summed E-state index contributed by atoms with van der Waals surface area (Å²) in [6.45, 7) is 5.98. The van der Waals surface area contributed by atoms with E-state index >= 15 is 0 Å². The Morgan fingerprint density at radius 3 is 2.78 bits per heavy atom. The van der Waals surface area contributed by atoms with Crippen molar-refractivity contribution in [1.29, 1.82) is 0 Å². The average Bonchev–Trinajstić information content (AvgIpc) is 3.22. The lowest BCUT2D eigenvalue weighted by Crippen LogP contribution is -2.29. The zero-order valence-corrected chi connectivity index (χ0v) is 14.6. The fourth-order valence-corrected chi connectivity index (χ4v) is 4.10. The van der Waals surface area contributed by atoms with E-state index < -0.39 is 0 Å². The number of likely N-dealkylation sites (tertiary alicyclic amines) is 1. The third kappa shape index (κ3) is 3.93. The second-order valence-corrected chi connectivity index (χ2v) is 7.58. The number of rotatable bonds is 5. The first kappa shape index (κ1) is 16.5. The maximum atomic E-state index is 12.5. The van der Waals surface area contributed by atoms with Crippen LogP contribution in [0.5, 0.6) is 0 Å². The third-order valence-electron chi connectivity index (χ3n) is 5.52. The van der Waals surface area contributed by atoms with Crippen molar-refractivity contribution < 1.29 is 4.79 Å². The third-order valence-corrected chi connectivity index (χ3v) is 5.52. The van der Waals surface area contributed by atoms with Crippen molar-refractivity contribution in [2.75, 3.05) is 13.1 Å². The molecule has 0 N–H and O–H groups in total. The number of hydrogen-bond acceptors (Lipinski definition) is 3. The molecule has 1 amide bonds. The lowest BCUT2D eigenvalue weighted by atomic mass is 9.86. The molecule has 128 valence electrons. The van der Waals surface area contributed by atoms with Crippen LogP contribution in [0.3, 0.4) is 0 Å². The van der Waals surface area contributed by atoms with Crippen LogP contribution >= 0.6 is 0 Å². The van der Waals surface area contributed by atoms with E-state index in [0.717, 1.165) is 44.1 Å². The molecule has 5 nitrogen and oxygen atoms in total. The normalized spacial score (nSPS) is 22.9. The summed E-state index contributed by atoms with van der Waals surface area (Å²) in [5.41, 5.74) is 0. The Morgan fingerprint density at radius 2 is 2.04 bits per heavy atom. The molecule has 2 heterocycles. The zero-order valence-electron chi connectivity index (χ0n) is 14.6. The highest BCUT2D eigenvalue weighted by Gasteiger charge is 2.29. The van der Waals surface area contributed by atoms with Gasteiger partial charge in [-0.05, 0) is 18.8 Å². The predicted molar refractivity (Wildman–Crippen MR) is 90.2 cm³/mol. The quantitative estimate of drug-likeness (QED) is 0.834. The Kier molecular flexibility index (Phi) is 5.34. The van der Waals surface area contributed by atoms with Crippen LogP contribution in [0, 0.1) is 5.92 Å². The van der Waals surface area contributed by atoms with E-state index in [1.54, 1.807) is 0 Å². The number of carbonyl (C=O) groups is 1. The molecule has 1 saturated heterocycles. The molecular formula is C18H30N4O. The van der Waals surface area contributed by atoms with Gasteiger partial charge in [-0.3, -0.25) is 4.79 Å². The van der Waals surface area contributed by atoms with Gasteiger partial charge in [0.15, 0.2) is 0 Å². The summed E-state index contributed by atoms with van der Waals surface area (Å²) in [6.07, 6.45) is 11.4. The van der Waals surface area contributed by atoms with Crippen LogP contribution in [-0.2, 0) is 4.79 Å². The van der Waals surface area contributed by atoms with Gasteiger partial charge in [0, 0.05) is 25.4 Å². The molecule has 3 rings (SSSR count). The van der Waals surface area contributed by atoms with Crippen LogP contribution in [0.4, 0.5) is 0 Å². The highest BCUT2D eigenvalue weighted by molar-refractivity contribution is 5.76. The monoisotopic (exact) mass is 318 g/mol. The summed E-state index contributed by atoms with van der Waals surface area (Å²) in [5.74, 6) is 2.54. The molecule has 1 aromatic heterocycles. The van der Waals surface area contributed by atoms with Crippen molar-refractivity contribution >= 4 is 5.91 Å². The lowest BCUT2D eigenvalue weighted by molar-refractivity contribution is -0.130. The van der Waals surface area contributed by atoms with E-state index in [1.165, 1.54) is 32.1 Å². The fraction of sp³-hybridized carbons (Fsp3) is 0.833. The summed E-state index contributed by atoms with van der Waals surface area (Å²) in [5, 5.41) is 8.30. The molecule has 23 heavy (non-hydrogen) atoms. The van der Waals surface area contributed by atoms with Crippen LogP contribution in [0.15, 0.2) is 6.33 Å². The van der Waals surface area contributed by atoms with Gasteiger partial charge in [-0.15, -0.1) is 10.2 Å². The number of carbonyl (C=O) groups excluding carboxylic acids is 1. The molecule has 1 aliphatic heterocycles. The minimum absolute atomic E-state index is 0.345. The minimum Gasteiger partial charge on any atom is -0.341 e. The highest BCUT2D eigenvalue weighted by Crippen LogP contribution is 2.29. The van der Waals surface area contributed by atoms with E-state index in [9.17, 15) is 4.79 Å². The molecule has 0 radical (unpaired) electrons. The minimum atomic E-state index is 0.345. The summed E-state index contributed by atoms with van der Waals surface area (Å²) in [6, 6.07) is 0.348. The summed E-state index contributed by atoms with van der Waals surface area (Å²) < 4.78 is 2.18. The van der Waals surface area contributed by atoms with Crippen LogP contribution in [0.2, 0.25) is 0 Å². The second kappa shape index (κ2) is 7.45. The molecule has 0 aromatic carbocycles. The molecule has 0 bridgehead atoms. The first-order valence-corrected chi connectivity index (χ1v) is 9.32.